The molecule has 0 spiro atoms. The molecule has 0 aliphatic heterocycles. The van der Waals surface area contributed by atoms with E-state index in [1.165, 1.54) is 0 Å². The van der Waals surface area contributed by atoms with Crippen molar-refractivity contribution in [3.8, 4) is 0 Å². The molecule has 0 aliphatic rings. The van der Waals surface area contributed by atoms with E-state index in [2.05, 4.69) is 4.98 Å². The second-order valence-corrected chi connectivity index (χ2v) is 6.97. The SMILES string of the molecule is CCS(=O)(=O)CCn1cc(CCN)c2cccnc21. The Balaban J connectivity index is 2.33. The van der Waals surface area contributed by atoms with Gasteiger partial charge in [0.05, 0.1) is 5.75 Å². The summed E-state index contributed by atoms with van der Waals surface area (Å²) in [5.41, 5.74) is 7.56. The molecule has 0 fully saturated rings. The van der Waals surface area contributed by atoms with Crippen LogP contribution in [0.4, 0.5) is 0 Å². The Morgan fingerprint density at radius 2 is 2.21 bits per heavy atom. The second-order valence-electron chi connectivity index (χ2n) is 4.50. The fraction of sp³-hybridized carbons (Fsp3) is 0.462. The average Bonchev–Trinajstić information content (AvgIpc) is 2.76. The van der Waals surface area contributed by atoms with Crippen molar-refractivity contribution in [3.05, 3.63) is 30.1 Å². The lowest BCUT2D eigenvalue weighted by Gasteiger charge is -2.04. The standard InChI is InChI=1S/C13H19N3O2S/c1-2-19(17,18)9-8-16-10-11(5-6-14)12-4-3-7-15-13(12)16/h3-4,7,10H,2,5-6,8-9,14H2,1H3. The fourth-order valence-corrected chi connectivity index (χ4v) is 2.87. The molecule has 2 N–H and O–H groups in total. The van der Waals surface area contributed by atoms with Crippen LogP contribution in [0.15, 0.2) is 24.5 Å². The molecule has 104 valence electrons. The molecule has 0 radical (unpaired) electrons. The lowest BCUT2D eigenvalue weighted by atomic mass is 10.2. The minimum Gasteiger partial charge on any atom is -0.331 e. The van der Waals surface area contributed by atoms with Crippen molar-refractivity contribution in [2.75, 3.05) is 18.1 Å². The number of rotatable bonds is 6. The van der Waals surface area contributed by atoms with Crippen LogP contribution in [0.2, 0.25) is 0 Å². The monoisotopic (exact) mass is 281 g/mol. The summed E-state index contributed by atoms with van der Waals surface area (Å²) in [5, 5.41) is 1.06. The number of pyridine rings is 1. The van der Waals surface area contributed by atoms with Crippen LogP contribution in [0.5, 0.6) is 0 Å². The van der Waals surface area contributed by atoms with Crippen LogP contribution in [0.25, 0.3) is 11.0 Å². The van der Waals surface area contributed by atoms with Gasteiger partial charge in [-0.2, -0.15) is 0 Å². The molecule has 19 heavy (non-hydrogen) atoms. The first-order chi connectivity index (χ1) is 9.07. The van der Waals surface area contributed by atoms with E-state index in [1.54, 1.807) is 13.1 Å². The van der Waals surface area contributed by atoms with Crippen molar-refractivity contribution in [3.63, 3.8) is 0 Å². The van der Waals surface area contributed by atoms with Gasteiger partial charge >= 0.3 is 0 Å². The van der Waals surface area contributed by atoms with Gasteiger partial charge in [0.2, 0.25) is 0 Å². The van der Waals surface area contributed by atoms with E-state index >= 15 is 0 Å². The van der Waals surface area contributed by atoms with Crippen molar-refractivity contribution < 1.29 is 8.42 Å². The summed E-state index contributed by atoms with van der Waals surface area (Å²) >= 11 is 0. The normalized spacial score (nSPS) is 12.1. The van der Waals surface area contributed by atoms with Gasteiger partial charge in [-0.25, -0.2) is 13.4 Å². The van der Waals surface area contributed by atoms with Crippen LogP contribution in [-0.4, -0.2) is 36.0 Å². The van der Waals surface area contributed by atoms with Gasteiger partial charge in [-0.05, 0) is 30.7 Å². The minimum absolute atomic E-state index is 0.145. The van der Waals surface area contributed by atoms with Gasteiger partial charge in [0.1, 0.15) is 5.65 Å². The molecule has 0 saturated heterocycles. The van der Waals surface area contributed by atoms with Gasteiger partial charge < -0.3 is 10.3 Å². The summed E-state index contributed by atoms with van der Waals surface area (Å²) in [6.07, 6.45) is 4.46. The maximum absolute atomic E-state index is 11.6. The van der Waals surface area contributed by atoms with Gasteiger partial charge in [0.25, 0.3) is 0 Å². The number of hydrogen-bond donors (Lipinski definition) is 1. The van der Waals surface area contributed by atoms with Gasteiger partial charge in [0, 0.05) is 30.1 Å². The van der Waals surface area contributed by atoms with Crippen LogP contribution in [-0.2, 0) is 22.8 Å². The van der Waals surface area contributed by atoms with Crippen LogP contribution in [0, 0.1) is 0 Å². The molecule has 0 atom stereocenters. The maximum atomic E-state index is 11.6. The first-order valence-electron chi connectivity index (χ1n) is 6.40. The van der Waals surface area contributed by atoms with Crippen LogP contribution in [0.3, 0.4) is 0 Å². The highest BCUT2D eigenvalue weighted by Gasteiger charge is 2.12. The Morgan fingerprint density at radius 1 is 1.42 bits per heavy atom. The Labute approximate surface area is 113 Å². The number of aryl methyl sites for hydroxylation is 1. The third kappa shape index (κ3) is 3.13. The molecule has 6 heteroatoms. The highest BCUT2D eigenvalue weighted by Crippen LogP contribution is 2.19. The summed E-state index contributed by atoms with van der Waals surface area (Å²) in [5.74, 6) is 0.321. The lowest BCUT2D eigenvalue weighted by Crippen LogP contribution is -2.14. The zero-order valence-electron chi connectivity index (χ0n) is 11.0. The summed E-state index contributed by atoms with van der Waals surface area (Å²) in [6, 6.07) is 3.88. The van der Waals surface area contributed by atoms with Gasteiger partial charge in [-0.3, -0.25) is 0 Å². The van der Waals surface area contributed by atoms with Crippen molar-refractivity contribution in [2.24, 2.45) is 5.73 Å². The van der Waals surface area contributed by atoms with Crippen LogP contribution < -0.4 is 5.73 Å². The molecule has 2 rings (SSSR count). The predicted molar refractivity (Wildman–Crippen MR) is 76.8 cm³/mol. The summed E-state index contributed by atoms with van der Waals surface area (Å²) in [6.45, 7) is 2.68. The predicted octanol–water partition coefficient (Wildman–Crippen LogP) is 0.972. The molecule has 2 heterocycles. The van der Waals surface area contributed by atoms with Crippen LogP contribution >= 0.6 is 0 Å². The van der Waals surface area contributed by atoms with Gasteiger partial charge in [0.15, 0.2) is 9.84 Å². The molecule has 0 aromatic carbocycles. The third-order valence-corrected chi connectivity index (χ3v) is 4.90. The highest BCUT2D eigenvalue weighted by atomic mass is 32.2. The molecular formula is C13H19N3O2S. The molecule has 0 bridgehead atoms. The van der Waals surface area contributed by atoms with E-state index in [9.17, 15) is 8.42 Å². The first kappa shape index (κ1) is 14.0. The minimum atomic E-state index is -2.96. The van der Waals surface area contributed by atoms with Crippen molar-refractivity contribution in [2.45, 2.75) is 19.9 Å². The molecule has 0 aliphatic carbocycles. The van der Waals surface area contributed by atoms with E-state index in [4.69, 9.17) is 5.73 Å². The van der Waals surface area contributed by atoms with E-state index in [-0.39, 0.29) is 11.5 Å². The van der Waals surface area contributed by atoms with Crippen molar-refractivity contribution in [1.29, 1.82) is 0 Å². The van der Waals surface area contributed by atoms with Crippen molar-refractivity contribution in [1.82, 2.24) is 9.55 Å². The van der Waals surface area contributed by atoms with Crippen molar-refractivity contribution >= 4 is 20.9 Å². The molecular weight excluding hydrogens is 262 g/mol. The van der Waals surface area contributed by atoms with E-state index in [0.717, 1.165) is 23.0 Å². The number of nitrogens with two attached hydrogens (primary N) is 1. The molecule has 0 amide bonds. The lowest BCUT2D eigenvalue weighted by molar-refractivity contribution is 0.591. The van der Waals surface area contributed by atoms with Crippen LogP contribution in [0.1, 0.15) is 12.5 Å². The Kier molecular flexibility index (Phi) is 4.21. The number of sulfone groups is 1. The zero-order valence-corrected chi connectivity index (χ0v) is 11.9. The smallest absolute Gasteiger partial charge is 0.151 e. The topological polar surface area (TPSA) is 78.0 Å². The van der Waals surface area contributed by atoms with Gasteiger partial charge in [-0.15, -0.1) is 0 Å². The summed E-state index contributed by atoms with van der Waals surface area (Å²) < 4.78 is 25.1. The number of aromatic nitrogens is 2. The molecule has 2 aromatic heterocycles. The summed E-state index contributed by atoms with van der Waals surface area (Å²) in [4.78, 5) is 4.34. The Hall–Kier alpha value is -1.40. The van der Waals surface area contributed by atoms with E-state index in [1.807, 2.05) is 22.9 Å². The Bertz CT molecular complexity index is 662. The largest absolute Gasteiger partial charge is 0.331 e. The summed E-state index contributed by atoms with van der Waals surface area (Å²) in [7, 11) is -2.96. The number of fused-ring (bicyclic) bond motifs is 1. The molecule has 5 nitrogen and oxygen atoms in total. The maximum Gasteiger partial charge on any atom is 0.151 e. The first-order valence-corrected chi connectivity index (χ1v) is 8.22. The van der Waals surface area contributed by atoms with E-state index < -0.39 is 9.84 Å². The van der Waals surface area contributed by atoms with Gasteiger partial charge in [-0.1, -0.05) is 6.92 Å². The number of hydrogen-bond acceptors (Lipinski definition) is 4. The fourth-order valence-electron chi connectivity index (χ4n) is 2.10. The highest BCUT2D eigenvalue weighted by molar-refractivity contribution is 7.91. The Morgan fingerprint density at radius 3 is 2.89 bits per heavy atom. The third-order valence-electron chi connectivity index (χ3n) is 3.21. The second kappa shape index (κ2) is 5.71. The molecule has 2 aromatic rings. The van der Waals surface area contributed by atoms with E-state index in [0.29, 0.717) is 13.1 Å². The zero-order chi connectivity index (χ0) is 13.9. The average molecular weight is 281 g/mol. The molecule has 0 saturated carbocycles. The quantitative estimate of drug-likeness (QED) is 0.856. The number of nitrogens with zero attached hydrogens (tertiary/aromatic N) is 2. The molecule has 0 unspecified atom stereocenters.